The fraction of sp³-hybridized carbons (Fsp3) is 0.333. The van der Waals surface area contributed by atoms with E-state index in [1.165, 1.54) is 15.7 Å². The van der Waals surface area contributed by atoms with Gasteiger partial charge in [0.15, 0.2) is 0 Å². The highest BCUT2D eigenvalue weighted by molar-refractivity contribution is 7.99. The second-order valence-electron chi connectivity index (χ2n) is 7.80. The van der Waals surface area contributed by atoms with E-state index in [-0.39, 0.29) is 5.91 Å². The predicted octanol–water partition coefficient (Wildman–Crippen LogP) is 3.89. The molecule has 0 atom stereocenters. The summed E-state index contributed by atoms with van der Waals surface area (Å²) >= 11 is 1.79. The Kier molecular flexibility index (Phi) is 5.60. The van der Waals surface area contributed by atoms with E-state index in [2.05, 4.69) is 63.3 Å². The van der Waals surface area contributed by atoms with E-state index in [9.17, 15) is 4.79 Å². The van der Waals surface area contributed by atoms with Crippen LogP contribution in [0.15, 0.2) is 65.7 Å². The Balaban J connectivity index is 1.23. The molecule has 5 rings (SSSR count). The quantitative estimate of drug-likeness (QED) is 0.643. The van der Waals surface area contributed by atoms with Crippen LogP contribution in [-0.4, -0.2) is 60.8 Å². The largest absolute Gasteiger partial charge is 0.354 e. The van der Waals surface area contributed by atoms with Crippen LogP contribution in [0.3, 0.4) is 0 Å². The van der Waals surface area contributed by atoms with Gasteiger partial charge in [-0.2, -0.15) is 0 Å². The van der Waals surface area contributed by atoms with Crippen molar-refractivity contribution in [3.05, 3.63) is 60.8 Å². The minimum Gasteiger partial charge on any atom is -0.354 e. The molecule has 1 amide bonds. The number of anilines is 2. The molecule has 0 aliphatic carbocycles. The van der Waals surface area contributed by atoms with Crippen LogP contribution in [0.5, 0.6) is 0 Å². The van der Waals surface area contributed by atoms with E-state index < -0.39 is 0 Å². The number of fused-ring (bicyclic) bond motifs is 2. The number of benzene rings is 2. The molecule has 2 aliphatic rings. The van der Waals surface area contributed by atoms with Gasteiger partial charge >= 0.3 is 0 Å². The number of amides is 1. The smallest absolute Gasteiger partial charge is 0.227 e. The highest BCUT2D eigenvalue weighted by Crippen LogP contribution is 2.34. The van der Waals surface area contributed by atoms with Crippen molar-refractivity contribution in [2.24, 2.45) is 0 Å². The Morgan fingerprint density at radius 3 is 2.60 bits per heavy atom. The third-order valence-corrected chi connectivity index (χ3v) is 7.06. The van der Waals surface area contributed by atoms with Crippen LogP contribution in [0.25, 0.3) is 10.8 Å². The summed E-state index contributed by atoms with van der Waals surface area (Å²) in [6, 6.07) is 18.8. The van der Waals surface area contributed by atoms with E-state index in [4.69, 9.17) is 0 Å². The molecule has 0 radical (unpaired) electrons. The van der Waals surface area contributed by atoms with Crippen molar-refractivity contribution in [2.45, 2.75) is 11.3 Å². The number of nitrogens with zero attached hydrogens (tertiary/aromatic N) is 4. The number of carbonyl (C=O) groups excluding carboxylic acids is 1. The minimum absolute atomic E-state index is 0.242. The summed E-state index contributed by atoms with van der Waals surface area (Å²) in [5.74, 6) is 2.19. The summed E-state index contributed by atoms with van der Waals surface area (Å²) in [6.45, 7) is 5.56. The second kappa shape index (κ2) is 8.66. The van der Waals surface area contributed by atoms with E-state index in [1.807, 2.05) is 17.2 Å². The number of pyridine rings is 1. The summed E-state index contributed by atoms with van der Waals surface area (Å²) in [6.07, 6.45) is 2.52. The zero-order valence-electron chi connectivity index (χ0n) is 17.0. The molecule has 3 heterocycles. The topological polar surface area (TPSA) is 39.7 Å². The first-order valence-electron chi connectivity index (χ1n) is 10.6. The van der Waals surface area contributed by atoms with Gasteiger partial charge in [0.1, 0.15) is 5.82 Å². The molecule has 1 saturated heterocycles. The van der Waals surface area contributed by atoms with Crippen LogP contribution in [0.2, 0.25) is 0 Å². The molecule has 30 heavy (non-hydrogen) atoms. The SMILES string of the molecule is O=C1CCSc2ccccc2N1CCN1CCN(c2nccc3ccccc23)CC1. The molecular weight excluding hydrogens is 392 g/mol. The van der Waals surface area contributed by atoms with Gasteiger partial charge in [-0.3, -0.25) is 9.69 Å². The molecule has 0 spiro atoms. The molecular formula is C24H26N4OS. The van der Waals surface area contributed by atoms with Crippen molar-refractivity contribution in [3.8, 4) is 0 Å². The molecule has 2 aliphatic heterocycles. The monoisotopic (exact) mass is 418 g/mol. The molecule has 0 saturated carbocycles. The van der Waals surface area contributed by atoms with Crippen LogP contribution < -0.4 is 9.80 Å². The van der Waals surface area contributed by atoms with Gasteiger partial charge in [-0.25, -0.2) is 4.98 Å². The Labute approximate surface area is 181 Å². The van der Waals surface area contributed by atoms with Crippen LogP contribution in [-0.2, 0) is 4.79 Å². The molecule has 0 N–H and O–H groups in total. The standard InChI is InChI=1S/C24H26N4OS/c29-23-10-18-30-22-8-4-3-7-21(22)28(23)17-14-26-12-15-27(16-13-26)24-20-6-2-1-5-19(20)9-11-25-24/h1-9,11H,10,12-18H2. The van der Waals surface area contributed by atoms with Crippen LogP contribution in [0.1, 0.15) is 6.42 Å². The average molecular weight is 419 g/mol. The summed E-state index contributed by atoms with van der Waals surface area (Å²) in [5, 5.41) is 2.46. The van der Waals surface area contributed by atoms with Crippen LogP contribution in [0, 0.1) is 0 Å². The van der Waals surface area contributed by atoms with E-state index in [1.54, 1.807) is 11.8 Å². The van der Waals surface area contributed by atoms with Crippen molar-refractivity contribution in [3.63, 3.8) is 0 Å². The van der Waals surface area contributed by atoms with Crippen LogP contribution in [0.4, 0.5) is 11.5 Å². The Morgan fingerprint density at radius 1 is 0.900 bits per heavy atom. The van der Waals surface area contributed by atoms with Gasteiger partial charge in [0.25, 0.3) is 0 Å². The Morgan fingerprint density at radius 2 is 1.70 bits per heavy atom. The molecule has 1 fully saturated rings. The second-order valence-corrected chi connectivity index (χ2v) is 8.93. The van der Waals surface area contributed by atoms with Gasteiger partial charge in [0.2, 0.25) is 5.91 Å². The van der Waals surface area contributed by atoms with Crippen molar-refractivity contribution in [1.82, 2.24) is 9.88 Å². The molecule has 6 heteroatoms. The maximum absolute atomic E-state index is 12.7. The Hall–Kier alpha value is -2.57. The predicted molar refractivity (Wildman–Crippen MR) is 125 cm³/mol. The first-order chi connectivity index (χ1) is 14.8. The number of para-hydroxylation sites is 1. The number of carbonyl (C=O) groups is 1. The van der Waals surface area contributed by atoms with Gasteiger partial charge < -0.3 is 9.80 Å². The van der Waals surface area contributed by atoms with E-state index in [0.717, 1.165) is 56.5 Å². The summed E-state index contributed by atoms with van der Waals surface area (Å²) in [7, 11) is 0. The number of thioether (sulfide) groups is 1. The maximum atomic E-state index is 12.7. The number of rotatable bonds is 4. The lowest BCUT2D eigenvalue weighted by atomic mass is 10.1. The molecule has 3 aromatic rings. The van der Waals surface area contributed by atoms with Crippen molar-refractivity contribution in [2.75, 3.05) is 54.8 Å². The number of hydrogen-bond acceptors (Lipinski definition) is 5. The van der Waals surface area contributed by atoms with Gasteiger partial charge in [-0.15, -0.1) is 11.8 Å². The summed E-state index contributed by atoms with van der Waals surface area (Å²) < 4.78 is 0. The lowest BCUT2D eigenvalue weighted by molar-refractivity contribution is -0.118. The molecule has 154 valence electrons. The zero-order valence-corrected chi connectivity index (χ0v) is 17.9. The maximum Gasteiger partial charge on any atom is 0.227 e. The highest BCUT2D eigenvalue weighted by Gasteiger charge is 2.24. The number of piperazine rings is 1. The first kappa shape index (κ1) is 19.4. The highest BCUT2D eigenvalue weighted by atomic mass is 32.2. The third-order valence-electron chi connectivity index (χ3n) is 5.99. The van der Waals surface area contributed by atoms with Gasteiger partial charge in [0, 0.05) is 67.9 Å². The third kappa shape index (κ3) is 3.89. The molecule has 5 nitrogen and oxygen atoms in total. The fourth-order valence-electron chi connectivity index (χ4n) is 4.35. The van der Waals surface area contributed by atoms with Gasteiger partial charge in [-0.1, -0.05) is 36.4 Å². The Bertz CT molecular complexity index is 1040. The summed E-state index contributed by atoms with van der Waals surface area (Å²) in [5.41, 5.74) is 1.07. The lowest BCUT2D eigenvalue weighted by Crippen LogP contribution is -2.49. The van der Waals surface area contributed by atoms with Crippen molar-refractivity contribution in [1.29, 1.82) is 0 Å². The van der Waals surface area contributed by atoms with E-state index in [0.29, 0.717) is 6.42 Å². The molecule has 1 aromatic heterocycles. The number of hydrogen-bond donors (Lipinski definition) is 0. The van der Waals surface area contributed by atoms with Crippen LogP contribution >= 0.6 is 11.8 Å². The van der Waals surface area contributed by atoms with Crippen molar-refractivity contribution < 1.29 is 4.79 Å². The molecule has 0 bridgehead atoms. The number of aromatic nitrogens is 1. The average Bonchev–Trinajstić information content (AvgIpc) is 2.96. The molecule has 2 aromatic carbocycles. The minimum atomic E-state index is 0.242. The van der Waals surface area contributed by atoms with Gasteiger partial charge in [0.05, 0.1) is 5.69 Å². The summed E-state index contributed by atoms with van der Waals surface area (Å²) in [4.78, 5) is 25.4. The zero-order chi connectivity index (χ0) is 20.3. The van der Waals surface area contributed by atoms with E-state index >= 15 is 0 Å². The molecule has 0 unspecified atom stereocenters. The fourth-order valence-corrected chi connectivity index (χ4v) is 5.34. The normalized spacial score (nSPS) is 17.8. The van der Waals surface area contributed by atoms with Gasteiger partial charge in [-0.05, 0) is 23.6 Å². The lowest BCUT2D eigenvalue weighted by Gasteiger charge is -2.36. The first-order valence-corrected chi connectivity index (χ1v) is 11.6. The van der Waals surface area contributed by atoms with Crippen molar-refractivity contribution >= 4 is 39.9 Å².